The summed E-state index contributed by atoms with van der Waals surface area (Å²) < 4.78 is 5.79. The molecule has 0 saturated carbocycles. The van der Waals surface area contributed by atoms with Crippen LogP contribution >= 0.6 is 11.6 Å². The fraction of sp³-hybridized carbons (Fsp3) is 0.125. The third-order valence-electron chi connectivity index (χ3n) is 3.27. The van der Waals surface area contributed by atoms with Gasteiger partial charge in [-0.15, -0.1) is 0 Å². The molecule has 3 heteroatoms. The molecule has 0 bridgehead atoms. The molecule has 1 unspecified atom stereocenters. The van der Waals surface area contributed by atoms with Crippen molar-refractivity contribution in [3.05, 3.63) is 70.4 Å². The molecule has 0 fully saturated rings. The fourth-order valence-corrected chi connectivity index (χ4v) is 2.36. The van der Waals surface area contributed by atoms with Gasteiger partial charge in [0.2, 0.25) is 0 Å². The molecule has 96 valence electrons. The van der Waals surface area contributed by atoms with E-state index in [0.29, 0.717) is 5.02 Å². The first-order chi connectivity index (χ1) is 9.15. The Morgan fingerprint density at radius 3 is 2.53 bits per heavy atom. The molecule has 0 spiro atoms. The van der Waals surface area contributed by atoms with Gasteiger partial charge in [0.25, 0.3) is 0 Å². The van der Waals surface area contributed by atoms with Crippen molar-refractivity contribution >= 4 is 22.6 Å². The maximum absolute atomic E-state index is 6.24. The number of hydrogen-bond donors (Lipinski definition) is 1. The van der Waals surface area contributed by atoms with Crippen LogP contribution in [0.15, 0.2) is 52.9 Å². The van der Waals surface area contributed by atoms with Crippen LogP contribution in [-0.4, -0.2) is 0 Å². The highest BCUT2D eigenvalue weighted by Crippen LogP contribution is 2.30. The summed E-state index contributed by atoms with van der Waals surface area (Å²) >= 11 is 6.14. The lowest BCUT2D eigenvalue weighted by Crippen LogP contribution is -2.10. The zero-order valence-corrected chi connectivity index (χ0v) is 11.3. The van der Waals surface area contributed by atoms with E-state index in [1.807, 2.05) is 48.5 Å². The van der Waals surface area contributed by atoms with E-state index >= 15 is 0 Å². The molecule has 19 heavy (non-hydrogen) atoms. The van der Waals surface area contributed by atoms with E-state index in [1.165, 1.54) is 5.56 Å². The molecule has 0 aliphatic rings. The molecular formula is C16H14ClNO. The number of halogens is 1. The highest BCUT2D eigenvalue weighted by atomic mass is 35.5. The first kappa shape index (κ1) is 12.3. The summed E-state index contributed by atoms with van der Waals surface area (Å²) in [6.45, 7) is 2.05. The molecule has 2 aromatic carbocycles. The molecule has 0 saturated heterocycles. The predicted molar refractivity (Wildman–Crippen MR) is 78.4 cm³/mol. The van der Waals surface area contributed by atoms with Gasteiger partial charge in [0.15, 0.2) is 0 Å². The number of benzene rings is 2. The highest BCUT2D eigenvalue weighted by molar-refractivity contribution is 6.35. The van der Waals surface area contributed by atoms with Crippen molar-refractivity contribution in [3.8, 4) is 0 Å². The monoisotopic (exact) mass is 271 g/mol. The first-order valence-electron chi connectivity index (χ1n) is 6.15. The minimum Gasteiger partial charge on any atom is -0.459 e. The lowest BCUT2D eigenvalue weighted by molar-refractivity contribution is 0.525. The number of rotatable bonds is 2. The van der Waals surface area contributed by atoms with Crippen molar-refractivity contribution in [2.24, 2.45) is 5.73 Å². The van der Waals surface area contributed by atoms with Gasteiger partial charge in [0, 0.05) is 5.39 Å². The van der Waals surface area contributed by atoms with Crippen molar-refractivity contribution in [3.63, 3.8) is 0 Å². The molecule has 1 aromatic heterocycles. The third-order valence-corrected chi connectivity index (χ3v) is 3.60. The summed E-state index contributed by atoms with van der Waals surface area (Å²) in [6.07, 6.45) is 0. The summed E-state index contributed by atoms with van der Waals surface area (Å²) in [5.41, 5.74) is 9.25. The van der Waals surface area contributed by atoms with Gasteiger partial charge >= 0.3 is 0 Å². The van der Waals surface area contributed by atoms with Crippen molar-refractivity contribution in [1.82, 2.24) is 0 Å². The molecule has 1 atom stereocenters. The average molecular weight is 272 g/mol. The Bertz CT molecular complexity index is 715. The second-order valence-electron chi connectivity index (χ2n) is 4.69. The number of aryl methyl sites for hydroxylation is 1. The van der Waals surface area contributed by atoms with E-state index in [1.54, 1.807) is 0 Å². The number of hydrogen-bond acceptors (Lipinski definition) is 2. The van der Waals surface area contributed by atoms with E-state index in [2.05, 4.69) is 6.92 Å². The predicted octanol–water partition coefficient (Wildman–Crippen LogP) is 4.44. The van der Waals surface area contributed by atoms with Crippen LogP contribution in [0.1, 0.15) is 22.9 Å². The van der Waals surface area contributed by atoms with E-state index in [-0.39, 0.29) is 6.04 Å². The Morgan fingerprint density at radius 2 is 1.84 bits per heavy atom. The third kappa shape index (κ3) is 2.25. The molecule has 0 radical (unpaired) electrons. The lowest BCUT2D eigenvalue weighted by Gasteiger charge is -2.08. The lowest BCUT2D eigenvalue weighted by atomic mass is 10.0. The Hall–Kier alpha value is -1.77. The standard InChI is InChI=1S/C16H14ClNO/c1-10-5-7-11(8-6-10)16(18)15-9-12-13(17)3-2-4-14(12)19-15/h2-9,16H,18H2,1H3. The second kappa shape index (κ2) is 4.72. The fourth-order valence-electron chi connectivity index (χ4n) is 2.14. The number of furan rings is 1. The maximum Gasteiger partial charge on any atom is 0.135 e. The van der Waals surface area contributed by atoms with Crippen LogP contribution in [0.4, 0.5) is 0 Å². The van der Waals surface area contributed by atoms with Crippen LogP contribution in [0.2, 0.25) is 5.02 Å². The molecule has 0 aliphatic heterocycles. The van der Waals surface area contributed by atoms with Crippen LogP contribution in [0.3, 0.4) is 0 Å². The highest BCUT2D eigenvalue weighted by Gasteiger charge is 2.15. The number of nitrogens with two attached hydrogens (primary N) is 1. The molecule has 3 aromatic rings. The zero-order valence-electron chi connectivity index (χ0n) is 10.6. The average Bonchev–Trinajstić information content (AvgIpc) is 2.84. The SMILES string of the molecule is Cc1ccc(C(N)c2cc3c(Cl)cccc3o2)cc1. The summed E-state index contributed by atoms with van der Waals surface area (Å²) in [4.78, 5) is 0. The van der Waals surface area contributed by atoms with E-state index in [0.717, 1.165) is 22.3 Å². The Labute approximate surface area is 116 Å². The van der Waals surface area contributed by atoms with Gasteiger partial charge in [0.05, 0.1) is 11.1 Å². The molecule has 1 heterocycles. The van der Waals surface area contributed by atoms with Crippen molar-refractivity contribution in [2.45, 2.75) is 13.0 Å². The normalized spacial score (nSPS) is 12.8. The zero-order chi connectivity index (χ0) is 13.4. The van der Waals surface area contributed by atoms with Gasteiger partial charge in [-0.05, 0) is 30.7 Å². The van der Waals surface area contributed by atoms with Crippen LogP contribution < -0.4 is 5.73 Å². The van der Waals surface area contributed by atoms with Crippen LogP contribution in [0, 0.1) is 6.92 Å². The molecule has 0 amide bonds. The smallest absolute Gasteiger partial charge is 0.135 e. The van der Waals surface area contributed by atoms with Crippen LogP contribution in [0.5, 0.6) is 0 Å². The molecular weight excluding hydrogens is 258 g/mol. The van der Waals surface area contributed by atoms with Crippen LogP contribution in [0.25, 0.3) is 11.0 Å². The van der Waals surface area contributed by atoms with Crippen molar-refractivity contribution in [1.29, 1.82) is 0 Å². The van der Waals surface area contributed by atoms with E-state index in [9.17, 15) is 0 Å². The summed E-state index contributed by atoms with van der Waals surface area (Å²) in [5, 5.41) is 1.59. The Morgan fingerprint density at radius 1 is 1.11 bits per heavy atom. The number of fused-ring (bicyclic) bond motifs is 1. The minimum absolute atomic E-state index is 0.274. The van der Waals surface area contributed by atoms with Crippen molar-refractivity contribution in [2.75, 3.05) is 0 Å². The molecule has 2 N–H and O–H groups in total. The van der Waals surface area contributed by atoms with Gasteiger partial charge in [-0.2, -0.15) is 0 Å². The van der Waals surface area contributed by atoms with Crippen molar-refractivity contribution < 1.29 is 4.42 Å². The van der Waals surface area contributed by atoms with Gasteiger partial charge in [0.1, 0.15) is 11.3 Å². The Kier molecular flexibility index (Phi) is 3.05. The summed E-state index contributed by atoms with van der Waals surface area (Å²) in [7, 11) is 0. The van der Waals surface area contributed by atoms with Gasteiger partial charge in [-0.25, -0.2) is 0 Å². The Balaban J connectivity index is 2.04. The van der Waals surface area contributed by atoms with Crippen LogP contribution in [-0.2, 0) is 0 Å². The van der Waals surface area contributed by atoms with Gasteiger partial charge < -0.3 is 10.2 Å². The van der Waals surface area contributed by atoms with Gasteiger partial charge in [-0.1, -0.05) is 47.5 Å². The first-order valence-corrected chi connectivity index (χ1v) is 6.53. The van der Waals surface area contributed by atoms with E-state index < -0.39 is 0 Å². The topological polar surface area (TPSA) is 39.2 Å². The molecule has 0 aliphatic carbocycles. The molecule has 2 nitrogen and oxygen atoms in total. The maximum atomic E-state index is 6.24. The largest absolute Gasteiger partial charge is 0.459 e. The van der Waals surface area contributed by atoms with E-state index in [4.69, 9.17) is 21.8 Å². The van der Waals surface area contributed by atoms with Gasteiger partial charge in [-0.3, -0.25) is 0 Å². The minimum atomic E-state index is -0.274. The summed E-state index contributed by atoms with van der Waals surface area (Å²) in [6, 6.07) is 15.4. The second-order valence-corrected chi connectivity index (χ2v) is 5.10. The molecule has 3 rings (SSSR count). The summed E-state index contributed by atoms with van der Waals surface area (Å²) in [5.74, 6) is 0.729. The quantitative estimate of drug-likeness (QED) is 0.748.